The van der Waals surface area contributed by atoms with Crippen LogP contribution in [-0.4, -0.2) is 49.8 Å². The molecule has 128 valence electrons. The summed E-state index contributed by atoms with van der Waals surface area (Å²) in [6.07, 6.45) is 7.05. The van der Waals surface area contributed by atoms with Crippen LogP contribution in [0.2, 0.25) is 5.02 Å². The predicted molar refractivity (Wildman–Crippen MR) is 93.3 cm³/mol. The summed E-state index contributed by atoms with van der Waals surface area (Å²) >= 11 is 6.08. The van der Waals surface area contributed by atoms with Crippen molar-refractivity contribution in [1.82, 2.24) is 9.21 Å². The van der Waals surface area contributed by atoms with Crippen LogP contribution in [0.4, 0.5) is 0 Å². The largest absolute Gasteiger partial charge is 0.300 e. The summed E-state index contributed by atoms with van der Waals surface area (Å²) in [5.41, 5.74) is 0. The van der Waals surface area contributed by atoms with Crippen molar-refractivity contribution in [3.05, 3.63) is 29.3 Å². The molecule has 0 spiro atoms. The van der Waals surface area contributed by atoms with Crippen molar-refractivity contribution in [1.29, 1.82) is 0 Å². The molecule has 1 aromatic carbocycles. The average Bonchev–Trinajstić information content (AvgIpc) is 2.84. The van der Waals surface area contributed by atoms with Gasteiger partial charge >= 0.3 is 0 Å². The lowest BCUT2D eigenvalue weighted by molar-refractivity contribution is 0.144. The number of likely N-dealkylation sites (tertiary alicyclic amines) is 1. The number of nitrogens with zero attached hydrogens (tertiary/aromatic N) is 2. The summed E-state index contributed by atoms with van der Waals surface area (Å²) in [7, 11) is -3.47. The molecule has 0 amide bonds. The van der Waals surface area contributed by atoms with Crippen LogP contribution >= 0.6 is 11.6 Å². The van der Waals surface area contributed by atoms with Gasteiger partial charge in [0.2, 0.25) is 10.0 Å². The van der Waals surface area contributed by atoms with Gasteiger partial charge in [0.1, 0.15) is 4.90 Å². The maximum atomic E-state index is 12.8. The number of halogens is 1. The molecule has 2 fully saturated rings. The highest BCUT2D eigenvalue weighted by Gasteiger charge is 2.32. The quantitative estimate of drug-likeness (QED) is 0.833. The first-order chi connectivity index (χ1) is 11.1. The molecular formula is C17H25ClN2O2S. The molecule has 4 nitrogen and oxygen atoms in total. The van der Waals surface area contributed by atoms with Gasteiger partial charge in [-0.05, 0) is 50.9 Å². The minimum Gasteiger partial charge on any atom is -0.300 e. The summed E-state index contributed by atoms with van der Waals surface area (Å²) in [5.74, 6) is 0. The van der Waals surface area contributed by atoms with E-state index in [1.165, 1.54) is 38.8 Å². The third kappa shape index (κ3) is 3.90. The van der Waals surface area contributed by atoms with Crippen LogP contribution < -0.4 is 0 Å². The first-order valence-electron chi connectivity index (χ1n) is 8.58. The van der Waals surface area contributed by atoms with E-state index in [1.807, 2.05) is 0 Å². The molecule has 6 heteroatoms. The minimum absolute atomic E-state index is 0.231. The zero-order valence-electron chi connectivity index (χ0n) is 13.5. The Morgan fingerprint density at radius 3 is 2.13 bits per heavy atom. The van der Waals surface area contributed by atoms with Crippen molar-refractivity contribution in [3.8, 4) is 0 Å². The van der Waals surface area contributed by atoms with Gasteiger partial charge in [0.25, 0.3) is 0 Å². The standard InChI is InChI=1S/C17H25ClN2O2S/c18-16-7-3-4-8-17(16)23(21,22)20-13-9-15(10-14-20)19-11-5-1-2-6-12-19/h3-4,7-8,15H,1-2,5-6,9-14H2. The lowest BCUT2D eigenvalue weighted by Gasteiger charge is -2.37. The van der Waals surface area contributed by atoms with E-state index in [-0.39, 0.29) is 4.90 Å². The number of sulfonamides is 1. The molecule has 2 aliphatic rings. The molecule has 0 unspecified atom stereocenters. The highest BCUT2D eigenvalue weighted by molar-refractivity contribution is 7.89. The van der Waals surface area contributed by atoms with E-state index in [2.05, 4.69) is 4.90 Å². The molecule has 3 rings (SSSR count). The van der Waals surface area contributed by atoms with E-state index >= 15 is 0 Å². The van der Waals surface area contributed by atoms with Crippen LogP contribution in [0, 0.1) is 0 Å². The van der Waals surface area contributed by atoms with Gasteiger partial charge in [-0.2, -0.15) is 4.31 Å². The van der Waals surface area contributed by atoms with E-state index in [0.717, 1.165) is 12.8 Å². The van der Waals surface area contributed by atoms with Crippen molar-refractivity contribution in [3.63, 3.8) is 0 Å². The summed E-state index contributed by atoms with van der Waals surface area (Å²) in [5, 5.41) is 0.308. The summed E-state index contributed by atoms with van der Waals surface area (Å²) < 4.78 is 27.1. The highest BCUT2D eigenvalue weighted by atomic mass is 35.5. The topological polar surface area (TPSA) is 40.6 Å². The minimum atomic E-state index is -3.47. The Morgan fingerprint density at radius 1 is 0.913 bits per heavy atom. The van der Waals surface area contributed by atoms with Crippen LogP contribution in [0.3, 0.4) is 0 Å². The Morgan fingerprint density at radius 2 is 1.52 bits per heavy atom. The Labute approximate surface area is 144 Å². The molecule has 0 saturated carbocycles. The van der Waals surface area contributed by atoms with Crippen molar-refractivity contribution >= 4 is 21.6 Å². The second-order valence-electron chi connectivity index (χ2n) is 6.52. The normalized spacial score (nSPS) is 22.8. The van der Waals surface area contributed by atoms with E-state index in [4.69, 9.17) is 11.6 Å². The number of rotatable bonds is 3. The molecular weight excluding hydrogens is 332 g/mol. The number of hydrogen-bond acceptors (Lipinski definition) is 3. The smallest absolute Gasteiger partial charge is 0.244 e. The first kappa shape index (κ1) is 17.2. The molecule has 0 radical (unpaired) electrons. The maximum Gasteiger partial charge on any atom is 0.244 e. The Balaban J connectivity index is 1.65. The van der Waals surface area contributed by atoms with Crippen molar-refractivity contribution in [2.45, 2.75) is 49.5 Å². The summed E-state index contributed by atoms with van der Waals surface area (Å²) in [6, 6.07) is 7.25. The molecule has 1 aromatic rings. The van der Waals surface area contributed by atoms with Crippen molar-refractivity contribution in [2.24, 2.45) is 0 Å². The first-order valence-corrected chi connectivity index (χ1v) is 10.4. The third-order valence-electron chi connectivity index (χ3n) is 5.03. The van der Waals surface area contributed by atoms with Gasteiger partial charge in [-0.3, -0.25) is 0 Å². The van der Waals surface area contributed by atoms with Crippen LogP contribution in [0.25, 0.3) is 0 Å². The summed E-state index contributed by atoms with van der Waals surface area (Å²) in [6.45, 7) is 3.52. The molecule has 23 heavy (non-hydrogen) atoms. The van der Waals surface area contributed by atoms with Crippen molar-refractivity contribution in [2.75, 3.05) is 26.2 Å². The Kier molecular flexibility index (Phi) is 5.62. The van der Waals surface area contributed by atoms with Gasteiger partial charge in [-0.15, -0.1) is 0 Å². The SMILES string of the molecule is O=S(=O)(c1ccccc1Cl)N1CCC(N2CCCCCC2)CC1. The van der Waals surface area contributed by atoms with E-state index in [9.17, 15) is 8.42 Å². The van der Waals surface area contributed by atoms with Crippen LogP contribution in [-0.2, 0) is 10.0 Å². The second kappa shape index (κ2) is 7.51. The van der Waals surface area contributed by atoms with Crippen LogP contribution in [0.15, 0.2) is 29.2 Å². The monoisotopic (exact) mass is 356 g/mol. The summed E-state index contributed by atoms with van der Waals surface area (Å²) in [4.78, 5) is 2.81. The molecule has 0 aliphatic carbocycles. The van der Waals surface area contributed by atoms with Crippen LogP contribution in [0.5, 0.6) is 0 Å². The molecule has 0 atom stereocenters. The van der Waals surface area contributed by atoms with E-state index in [1.54, 1.807) is 28.6 Å². The fourth-order valence-corrected chi connectivity index (χ4v) is 5.66. The second-order valence-corrected chi connectivity index (χ2v) is 8.83. The van der Waals surface area contributed by atoms with E-state index < -0.39 is 10.0 Å². The molecule has 2 saturated heterocycles. The third-order valence-corrected chi connectivity index (χ3v) is 7.43. The average molecular weight is 357 g/mol. The molecule has 0 bridgehead atoms. The van der Waals surface area contributed by atoms with Crippen LogP contribution in [0.1, 0.15) is 38.5 Å². The number of piperidine rings is 1. The number of hydrogen-bond donors (Lipinski definition) is 0. The maximum absolute atomic E-state index is 12.8. The van der Waals surface area contributed by atoms with Gasteiger partial charge < -0.3 is 4.90 Å². The fraction of sp³-hybridized carbons (Fsp3) is 0.647. The lowest BCUT2D eigenvalue weighted by Crippen LogP contribution is -2.47. The molecule has 2 heterocycles. The van der Waals surface area contributed by atoms with Gasteiger partial charge in [0.05, 0.1) is 5.02 Å². The molecule has 0 N–H and O–H groups in total. The zero-order chi connectivity index (χ0) is 16.3. The predicted octanol–water partition coefficient (Wildman–Crippen LogP) is 3.37. The Bertz CT molecular complexity index is 619. The van der Waals surface area contributed by atoms with Gasteiger partial charge in [0, 0.05) is 19.1 Å². The molecule has 2 aliphatic heterocycles. The van der Waals surface area contributed by atoms with Gasteiger partial charge in [-0.25, -0.2) is 8.42 Å². The fourth-order valence-electron chi connectivity index (χ4n) is 3.70. The highest BCUT2D eigenvalue weighted by Crippen LogP contribution is 2.28. The number of benzene rings is 1. The van der Waals surface area contributed by atoms with E-state index in [0.29, 0.717) is 24.2 Å². The Hall–Kier alpha value is -0.620. The van der Waals surface area contributed by atoms with Gasteiger partial charge in [-0.1, -0.05) is 36.6 Å². The zero-order valence-corrected chi connectivity index (χ0v) is 15.0. The van der Waals surface area contributed by atoms with Crippen molar-refractivity contribution < 1.29 is 8.42 Å². The lowest BCUT2D eigenvalue weighted by atomic mass is 10.0. The molecule has 0 aromatic heterocycles. The van der Waals surface area contributed by atoms with Gasteiger partial charge in [0.15, 0.2) is 0 Å².